The van der Waals surface area contributed by atoms with E-state index >= 15 is 0 Å². The molecule has 1 aromatic heterocycles. The van der Waals surface area contributed by atoms with E-state index in [4.69, 9.17) is 5.11 Å². The molecule has 0 fully saturated rings. The predicted octanol–water partition coefficient (Wildman–Crippen LogP) is 5.72. The highest BCUT2D eigenvalue weighted by Crippen LogP contribution is 2.29. The van der Waals surface area contributed by atoms with Crippen molar-refractivity contribution < 1.29 is 18.3 Å². The van der Waals surface area contributed by atoms with Gasteiger partial charge >= 0.3 is 5.97 Å². The number of carboxylic acid groups (broad SMARTS) is 1. The van der Waals surface area contributed by atoms with E-state index in [0.717, 1.165) is 22.1 Å². The van der Waals surface area contributed by atoms with Crippen LogP contribution in [0.4, 0.5) is 5.69 Å². The number of hydrogen-bond donors (Lipinski definition) is 2. The van der Waals surface area contributed by atoms with Crippen LogP contribution in [0.25, 0.3) is 16.3 Å². The molecule has 0 aliphatic rings. The lowest BCUT2D eigenvalue weighted by atomic mass is 9.97. The first kappa shape index (κ1) is 23.2. The Balaban J connectivity index is 1.66. The van der Waals surface area contributed by atoms with Gasteiger partial charge in [-0.05, 0) is 53.6 Å². The molecular formula is C27H24N2O4S. The van der Waals surface area contributed by atoms with Crippen molar-refractivity contribution in [1.82, 2.24) is 4.98 Å². The van der Waals surface area contributed by atoms with Crippen molar-refractivity contribution in [2.24, 2.45) is 0 Å². The lowest BCUT2D eigenvalue weighted by molar-refractivity contribution is -0.137. The number of rotatable bonds is 9. The second-order valence-corrected chi connectivity index (χ2v) is 9.46. The second kappa shape index (κ2) is 10.3. The van der Waals surface area contributed by atoms with Gasteiger partial charge in [-0.3, -0.25) is 14.5 Å². The Labute approximate surface area is 198 Å². The van der Waals surface area contributed by atoms with Gasteiger partial charge in [0.25, 0.3) is 10.0 Å². The second-order valence-electron chi connectivity index (χ2n) is 7.81. The molecule has 1 heterocycles. The van der Waals surface area contributed by atoms with E-state index in [-0.39, 0.29) is 11.3 Å². The van der Waals surface area contributed by atoms with Gasteiger partial charge in [-0.2, -0.15) is 0 Å². The molecule has 2 N–H and O–H groups in total. The molecule has 0 bridgehead atoms. The summed E-state index contributed by atoms with van der Waals surface area (Å²) in [6, 6.07) is 23.5. The first-order valence-corrected chi connectivity index (χ1v) is 12.4. The van der Waals surface area contributed by atoms with Gasteiger partial charge in [0, 0.05) is 35.5 Å². The van der Waals surface area contributed by atoms with E-state index in [1.54, 1.807) is 48.8 Å². The molecule has 6 nitrogen and oxygen atoms in total. The summed E-state index contributed by atoms with van der Waals surface area (Å²) in [5.74, 6) is -0.832. The summed E-state index contributed by atoms with van der Waals surface area (Å²) in [6.07, 6.45) is 6.55. The Morgan fingerprint density at radius 3 is 2.50 bits per heavy atom. The van der Waals surface area contributed by atoms with Crippen LogP contribution in [0, 0.1) is 0 Å². The summed E-state index contributed by atoms with van der Waals surface area (Å²) in [7, 11) is -3.82. The summed E-state index contributed by atoms with van der Waals surface area (Å²) in [6.45, 7) is 0. The van der Waals surface area contributed by atoms with Crippen molar-refractivity contribution in [3.8, 4) is 0 Å². The van der Waals surface area contributed by atoms with Gasteiger partial charge < -0.3 is 5.11 Å². The van der Waals surface area contributed by atoms with Gasteiger partial charge in [-0.1, -0.05) is 60.7 Å². The number of benzene rings is 3. The molecular weight excluding hydrogens is 448 g/mol. The molecule has 7 heteroatoms. The number of carbonyl (C=O) groups is 1. The van der Waals surface area contributed by atoms with Crippen LogP contribution in [0.1, 0.15) is 30.4 Å². The number of anilines is 1. The molecule has 0 amide bonds. The molecule has 0 spiro atoms. The van der Waals surface area contributed by atoms with Gasteiger partial charge in [-0.15, -0.1) is 0 Å². The van der Waals surface area contributed by atoms with Crippen LogP contribution in [0.15, 0.2) is 102 Å². The smallest absolute Gasteiger partial charge is 0.303 e. The van der Waals surface area contributed by atoms with Gasteiger partial charge in [0.05, 0.1) is 4.90 Å². The fraction of sp³-hybridized carbons (Fsp3) is 0.111. The average molecular weight is 473 g/mol. The molecule has 0 radical (unpaired) electrons. The normalized spacial score (nSPS) is 11.9. The third-order valence-electron chi connectivity index (χ3n) is 5.38. The highest BCUT2D eigenvalue weighted by molar-refractivity contribution is 7.93. The van der Waals surface area contributed by atoms with Crippen LogP contribution in [0.5, 0.6) is 0 Å². The predicted molar refractivity (Wildman–Crippen MR) is 134 cm³/mol. The number of carboxylic acids is 1. The van der Waals surface area contributed by atoms with Crippen LogP contribution in [-0.4, -0.2) is 24.5 Å². The van der Waals surface area contributed by atoms with Crippen molar-refractivity contribution in [3.05, 3.63) is 108 Å². The topological polar surface area (TPSA) is 96.4 Å². The minimum Gasteiger partial charge on any atom is -0.481 e. The third kappa shape index (κ3) is 5.50. The zero-order valence-corrected chi connectivity index (χ0v) is 19.2. The summed E-state index contributed by atoms with van der Waals surface area (Å²) in [4.78, 5) is 15.3. The minimum atomic E-state index is -3.82. The van der Waals surface area contributed by atoms with Crippen LogP contribution in [0.2, 0.25) is 0 Å². The van der Waals surface area contributed by atoms with Crippen molar-refractivity contribution >= 4 is 38.0 Å². The standard InChI is InChI=1S/C27H24N2O4S/c30-27(31)16-4-3-13-24(22-11-7-17-28-19-22)21-10-5-12-23(18-21)29-34(32,33)26-15-6-9-20-8-1-2-14-25(20)26/h1-2,5-15,17-19,29H,3-4,16H2,(H,30,31)/b24-13-. The van der Waals surface area contributed by atoms with Gasteiger partial charge in [0.2, 0.25) is 0 Å². The molecule has 0 atom stereocenters. The first-order valence-electron chi connectivity index (χ1n) is 10.9. The fourth-order valence-electron chi connectivity index (χ4n) is 3.81. The van der Waals surface area contributed by atoms with Gasteiger partial charge in [-0.25, -0.2) is 8.42 Å². The maximum absolute atomic E-state index is 13.3. The maximum atomic E-state index is 13.3. The zero-order valence-electron chi connectivity index (χ0n) is 18.4. The molecule has 172 valence electrons. The average Bonchev–Trinajstić information content (AvgIpc) is 2.84. The van der Waals surface area contributed by atoms with E-state index in [1.807, 2.05) is 48.5 Å². The third-order valence-corrected chi connectivity index (χ3v) is 6.82. The molecule has 34 heavy (non-hydrogen) atoms. The Kier molecular flexibility index (Phi) is 7.04. The van der Waals surface area contributed by atoms with E-state index in [9.17, 15) is 13.2 Å². The summed E-state index contributed by atoms with van der Waals surface area (Å²) in [5.41, 5.74) is 2.98. The Morgan fingerprint density at radius 1 is 0.941 bits per heavy atom. The number of fused-ring (bicyclic) bond motifs is 1. The molecule has 0 unspecified atom stereocenters. The lowest BCUT2D eigenvalue weighted by Gasteiger charge is -2.13. The quantitative estimate of drug-likeness (QED) is 0.304. The van der Waals surface area contributed by atoms with Gasteiger partial charge in [0.1, 0.15) is 0 Å². The first-order chi connectivity index (χ1) is 16.4. The fourth-order valence-corrected chi connectivity index (χ4v) is 5.09. The number of pyridine rings is 1. The number of allylic oxidation sites excluding steroid dienone is 1. The highest BCUT2D eigenvalue weighted by atomic mass is 32.2. The number of unbranched alkanes of at least 4 members (excludes halogenated alkanes) is 1. The van der Waals surface area contributed by atoms with Crippen LogP contribution >= 0.6 is 0 Å². The van der Waals surface area contributed by atoms with E-state index in [2.05, 4.69) is 9.71 Å². The largest absolute Gasteiger partial charge is 0.481 e. The van der Waals surface area contributed by atoms with Crippen molar-refractivity contribution in [1.29, 1.82) is 0 Å². The van der Waals surface area contributed by atoms with Crippen LogP contribution < -0.4 is 4.72 Å². The SMILES string of the molecule is O=C(O)CCC/C=C(\c1cccnc1)c1cccc(NS(=O)(=O)c2cccc3ccccc23)c1. The lowest BCUT2D eigenvalue weighted by Crippen LogP contribution is -2.13. The number of aliphatic carboxylic acids is 1. The van der Waals surface area contributed by atoms with Crippen molar-refractivity contribution in [2.75, 3.05) is 4.72 Å². The van der Waals surface area contributed by atoms with Gasteiger partial charge in [0.15, 0.2) is 0 Å². The number of nitrogens with one attached hydrogen (secondary N) is 1. The maximum Gasteiger partial charge on any atom is 0.303 e. The highest BCUT2D eigenvalue weighted by Gasteiger charge is 2.18. The molecule has 3 aromatic carbocycles. The number of sulfonamides is 1. The summed E-state index contributed by atoms with van der Waals surface area (Å²) in [5, 5.41) is 10.4. The summed E-state index contributed by atoms with van der Waals surface area (Å²) >= 11 is 0. The van der Waals surface area contributed by atoms with Crippen molar-refractivity contribution in [3.63, 3.8) is 0 Å². The van der Waals surface area contributed by atoms with Crippen molar-refractivity contribution in [2.45, 2.75) is 24.2 Å². The minimum absolute atomic E-state index is 0.0850. The van der Waals surface area contributed by atoms with E-state index in [0.29, 0.717) is 23.9 Å². The molecule has 0 aliphatic heterocycles. The molecule has 0 saturated heterocycles. The Morgan fingerprint density at radius 2 is 1.71 bits per heavy atom. The number of aromatic nitrogens is 1. The number of hydrogen-bond acceptors (Lipinski definition) is 4. The van der Waals surface area contributed by atoms with E-state index < -0.39 is 16.0 Å². The molecule has 0 saturated carbocycles. The zero-order chi connectivity index (χ0) is 24.0. The van der Waals surface area contributed by atoms with Crippen LogP contribution in [-0.2, 0) is 14.8 Å². The van der Waals surface area contributed by atoms with E-state index in [1.165, 1.54) is 0 Å². The number of nitrogens with zero attached hydrogens (tertiary/aromatic N) is 1. The molecule has 4 aromatic rings. The molecule has 4 rings (SSSR count). The summed E-state index contributed by atoms with van der Waals surface area (Å²) < 4.78 is 29.2. The Bertz CT molecular complexity index is 1440. The van der Waals surface area contributed by atoms with Crippen LogP contribution in [0.3, 0.4) is 0 Å². The monoisotopic (exact) mass is 472 g/mol. The Hall–Kier alpha value is -3.97. The molecule has 0 aliphatic carbocycles.